The van der Waals surface area contributed by atoms with Crippen LogP contribution in [0.15, 0.2) is 18.2 Å². The minimum absolute atomic E-state index is 0.109. The Bertz CT molecular complexity index is 445. The fraction of sp³-hybridized carbons (Fsp3) is 0.462. The molecule has 4 nitrogen and oxygen atoms in total. The second-order valence-corrected chi connectivity index (χ2v) is 4.98. The third kappa shape index (κ3) is 3.22. The first-order valence-electron chi connectivity index (χ1n) is 5.69. The minimum Gasteiger partial charge on any atom is -0.489 e. The minimum atomic E-state index is -0.556. The molecule has 98 valence electrons. The molecule has 0 aromatic heterocycles. The normalized spacial score (nSPS) is 21.8. The van der Waals surface area contributed by atoms with E-state index in [1.165, 1.54) is 0 Å². The van der Waals surface area contributed by atoms with Gasteiger partial charge in [-0.25, -0.2) is 0 Å². The van der Waals surface area contributed by atoms with Crippen molar-refractivity contribution in [1.82, 2.24) is 0 Å². The predicted octanol–water partition coefficient (Wildman–Crippen LogP) is 2.68. The monoisotopic (exact) mass is 270 g/mol. The van der Waals surface area contributed by atoms with Gasteiger partial charge in [-0.1, -0.05) is 11.6 Å². The molecule has 1 aliphatic heterocycles. The lowest BCUT2D eigenvalue weighted by molar-refractivity contribution is -0.141. The number of benzene rings is 1. The molecule has 1 heterocycles. The Hall–Kier alpha value is -1.10. The highest BCUT2D eigenvalue weighted by atomic mass is 35.5. The van der Waals surface area contributed by atoms with E-state index in [1.54, 1.807) is 18.2 Å². The van der Waals surface area contributed by atoms with Crippen LogP contribution >= 0.6 is 11.6 Å². The summed E-state index contributed by atoms with van der Waals surface area (Å²) in [5, 5.41) is 0.415. The Kier molecular flexibility index (Phi) is 3.90. The average molecular weight is 271 g/mol. The number of carbonyl (C=O) groups is 1. The zero-order valence-electron chi connectivity index (χ0n) is 10.3. The maximum atomic E-state index is 10.6. The first-order valence-corrected chi connectivity index (χ1v) is 6.07. The van der Waals surface area contributed by atoms with Crippen LogP contribution in [-0.2, 0) is 9.47 Å². The molecule has 0 saturated carbocycles. The van der Waals surface area contributed by atoms with Gasteiger partial charge in [-0.05, 0) is 32.0 Å². The van der Waals surface area contributed by atoms with Crippen LogP contribution in [0.3, 0.4) is 0 Å². The summed E-state index contributed by atoms with van der Waals surface area (Å²) in [5.41, 5.74) is 0.522. The van der Waals surface area contributed by atoms with Gasteiger partial charge in [0.25, 0.3) is 0 Å². The van der Waals surface area contributed by atoms with Gasteiger partial charge >= 0.3 is 0 Å². The summed E-state index contributed by atoms with van der Waals surface area (Å²) in [6, 6.07) is 4.90. The van der Waals surface area contributed by atoms with Crippen molar-refractivity contribution in [2.45, 2.75) is 25.7 Å². The van der Waals surface area contributed by atoms with E-state index in [1.807, 2.05) is 13.8 Å². The number of hydrogen-bond acceptors (Lipinski definition) is 4. The van der Waals surface area contributed by atoms with Crippen LogP contribution in [0.1, 0.15) is 24.2 Å². The number of carbonyl (C=O) groups excluding carboxylic acids is 1. The molecule has 18 heavy (non-hydrogen) atoms. The summed E-state index contributed by atoms with van der Waals surface area (Å²) < 4.78 is 16.6. The Balaban J connectivity index is 1.93. The Morgan fingerprint density at radius 2 is 2.33 bits per heavy atom. The first kappa shape index (κ1) is 13.3. The van der Waals surface area contributed by atoms with Crippen molar-refractivity contribution >= 4 is 17.9 Å². The van der Waals surface area contributed by atoms with Crippen LogP contribution in [0.4, 0.5) is 0 Å². The fourth-order valence-corrected chi connectivity index (χ4v) is 1.98. The molecule has 5 heteroatoms. The molecule has 0 amide bonds. The van der Waals surface area contributed by atoms with Crippen molar-refractivity contribution in [3.05, 3.63) is 28.8 Å². The summed E-state index contributed by atoms with van der Waals surface area (Å²) >= 11 is 5.99. The van der Waals surface area contributed by atoms with Crippen molar-refractivity contribution in [3.8, 4) is 5.75 Å². The molecule has 0 bridgehead atoms. The molecular weight excluding hydrogens is 256 g/mol. The van der Waals surface area contributed by atoms with Crippen molar-refractivity contribution < 1.29 is 19.0 Å². The van der Waals surface area contributed by atoms with Crippen LogP contribution < -0.4 is 4.74 Å². The van der Waals surface area contributed by atoms with E-state index in [9.17, 15) is 4.79 Å². The molecule has 0 N–H and O–H groups in total. The highest BCUT2D eigenvalue weighted by Crippen LogP contribution is 2.27. The summed E-state index contributed by atoms with van der Waals surface area (Å²) in [6.07, 6.45) is 0.633. The number of ether oxygens (including phenoxy) is 3. The number of rotatable bonds is 4. The van der Waals surface area contributed by atoms with E-state index in [0.717, 1.165) is 6.29 Å². The molecule has 1 atom stereocenters. The van der Waals surface area contributed by atoms with E-state index in [0.29, 0.717) is 29.5 Å². The molecule has 1 aliphatic rings. The van der Waals surface area contributed by atoms with Crippen molar-refractivity contribution in [2.75, 3.05) is 13.2 Å². The molecule has 1 fully saturated rings. The van der Waals surface area contributed by atoms with E-state index in [4.69, 9.17) is 25.8 Å². The van der Waals surface area contributed by atoms with Gasteiger partial charge in [-0.3, -0.25) is 4.79 Å². The lowest BCUT2D eigenvalue weighted by atomic mass is 10.2. The van der Waals surface area contributed by atoms with E-state index < -0.39 is 5.79 Å². The third-order valence-electron chi connectivity index (χ3n) is 2.58. The topological polar surface area (TPSA) is 44.8 Å². The third-order valence-corrected chi connectivity index (χ3v) is 2.88. The van der Waals surface area contributed by atoms with Crippen molar-refractivity contribution in [1.29, 1.82) is 0 Å². The largest absolute Gasteiger partial charge is 0.489 e. The van der Waals surface area contributed by atoms with Gasteiger partial charge in [0.2, 0.25) is 0 Å². The summed E-state index contributed by atoms with van der Waals surface area (Å²) in [6.45, 7) is 4.58. The van der Waals surface area contributed by atoms with Crippen LogP contribution in [0.5, 0.6) is 5.75 Å². The molecule has 1 aromatic carbocycles. The second kappa shape index (κ2) is 5.26. The summed E-state index contributed by atoms with van der Waals surface area (Å²) in [4.78, 5) is 10.6. The van der Waals surface area contributed by atoms with E-state index in [-0.39, 0.29) is 6.10 Å². The zero-order valence-corrected chi connectivity index (χ0v) is 11.1. The average Bonchev–Trinajstić information content (AvgIpc) is 2.67. The number of aldehydes is 1. The molecular formula is C13H15ClO4. The van der Waals surface area contributed by atoms with Gasteiger partial charge in [-0.15, -0.1) is 0 Å². The Morgan fingerprint density at radius 3 is 2.89 bits per heavy atom. The Morgan fingerprint density at radius 1 is 1.56 bits per heavy atom. The van der Waals surface area contributed by atoms with Crippen LogP contribution in [0.25, 0.3) is 0 Å². The molecule has 0 aliphatic carbocycles. The SMILES string of the molecule is CC1(C)OCC(COc2ccc(C=O)cc2Cl)O1. The number of hydrogen-bond donors (Lipinski definition) is 0. The highest BCUT2D eigenvalue weighted by molar-refractivity contribution is 6.32. The molecule has 0 spiro atoms. The van der Waals surface area contributed by atoms with Gasteiger partial charge in [-0.2, -0.15) is 0 Å². The molecule has 1 saturated heterocycles. The van der Waals surface area contributed by atoms with Gasteiger partial charge in [0, 0.05) is 5.56 Å². The quantitative estimate of drug-likeness (QED) is 0.789. The fourth-order valence-electron chi connectivity index (χ4n) is 1.74. The molecule has 2 rings (SSSR count). The molecule has 1 aromatic rings. The van der Waals surface area contributed by atoms with Crippen LogP contribution in [-0.4, -0.2) is 31.4 Å². The molecule has 0 radical (unpaired) electrons. The van der Waals surface area contributed by atoms with Gasteiger partial charge in [0.05, 0.1) is 11.6 Å². The van der Waals surface area contributed by atoms with E-state index >= 15 is 0 Å². The van der Waals surface area contributed by atoms with Crippen molar-refractivity contribution in [2.24, 2.45) is 0 Å². The summed E-state index contributed by atoms with van der Waals surface area (Å²) in [7, 11) is 0. The van der Waals surface area contributed by atoms with Crippen LogP contribution in [0, 0.1) is 0 Å². The summed E-state index contributed by atoms with van der Waals surface area (Å²) in [5.74, 6) is -0.0188. The van der Waals surface area contributed by atoms with Gasteiger partial charge in [0.15, 0.2) is 5.79 Å². The van der Waals surface area contributed by atoms with Gasteiger partial charge in [0.1, 0.15) is 24.7 Å². The predicted molar refractivity (Wildman–Crippen MR) is 67.2 cm³/mol. The number of halogens is 1. The van der Waals surface area contributed by atoms with E-state index in [2.05, 4.69) is 0 Å². The maximum Gasteiger partial charge on any atom is 0.163 e. The Labute approximate surface area is 111 Å². The second-order valence-electron chi connectivity index (χ2n) is 4.57. The lowest BCUT2D eigenvalue weighted by Gasteiger charge is -2.17. The standard InChI is InChI=1S/C13H15ClO4/c1-13(2)17-8-10(18-13)7-16-12-4-3-9(6-15)5-11(12)14/h3-6,10H,7-8H2,1-2H3. The highest BCUT2D eigenvalue weighted by Gasteiger charge is 2.33. The smallest absolute Gasteiger partial charge is 0.163 e. The zero-order chi connectivity index (χ0) is 13.2. The lowest BCUT2D eigenvalue weighted by Crippen LogP contribution is -2.25. The van der Waals surface area contributed by atoms with Crippen molar-refractivity contribution in [3.63, 3.8) is 0 Å². The molecule has 1 unspecified atom stereocenters. The maximum absolute atomic E-state index is 10.6. The van der Waals surface area contributed by atoms with Gasteiger partial charge < -0.3 is 14.2 Å². The van der Waals surface area contributed by atoms with Crippen LogP contribution in [0.2, 0.25) is 5.02 Å². The first-order chi connectivity index (χ1) is 8.50.